The SMILES string of the molecule is C=CC1(C2CC2)C=CC=CC1. The van der Waals surface area contributed by atoms with Crippen LogP contribution in [0.2, 0.25) is 0 Å². The third kappa shape index (κ3) is 1.07. The summed E-state index contributed by atoms with van der Waals surface area (Å²) < 4.78 is 0. The smallest absolute Gasteiger partial charge is 0.0124 e. The van der Waals surface area contributed by atoms with E-state index in [2.05, 4.69) is 37.0 Å². The Kier molecular flexibility index (Phi) is 1.49. The second-order valence-electron chi connectivity index (χ2n) is 3.58. The Morgan fingerprint density at radius 2 is 2.18 bits per heavy atom. The van der Waals surface area contributed by atoms with Gasteiger partial charge in [-0.1, -0.05) is 30.4 Å². The summed E-state index contributed by atoms with van der Waals surface area (Å²) in [5.41, 5.74) is 0.328. The van der Waals surface area contributed by atoms with Crippen molar-refractivity contribution in [3.8, 4) is 0 Å². The van der Waals surface area contributed by atoms with Crippen molar-refractivity contribution in [3.63, 3.8) is 0 Å². The lowest BCUT2D eigenvalue weighted by atomic mass is 9.77. The van der Waals surface area contributed by atoms with E-state index in [4.69, 9.17) is 0 Å². The molecule has 2 aliphatic rings. The molecule has 58 valence electrons. The van der Waals surface area contributed by atoms with Gasteiger partial charge >= 0.3 is 0 Å². The molecule has 0 amide bonds. The second-order valence-corrected chi connectivity index (χ2v) is 3.58. The maximum atomic E-state index is 3.93. The first-order valence-corrected chi connectivity index (χ1v) is 4.35. The molecule has 0 aromatic heterocycles. The molecule has 2 aliphatic carbocycles. The molecule has 0 radical (unpaired) electrons. The Labute approximate surface area is 68.3 Å². The Balaban J connectivity index is 2.22. The molecular weight excluding hydrogens is 132 g/mol. The van der Waals surface area contributed by atoms with E-state index in [1.807, 2.05) is 0 Å². The summed E-state index contributed by atoms with van der Waals surface area (Å²) in [6, 6.07) is 0. The molecule has 0 heteroatoms. The number of rotatable bonds is 2. The molecule has 1 unspecified atom stereocenters. The van der Waals surface area contributed by atoms with Crippen LogP contribution >= 0.6 is 0 Å². The van der Waals surface area contributed by atoms with Gasteiger partial charge in [-0.05, 0) is 25.2 Å². The quantitative estimate of drug-likeness (QED) is 0.525. The highest BCUT2D eigenvalue weighted by molar-refractivity contribution is 5.24. The van der Waals surface area contributed by atoms with Gasteiger partial charge in [-0.3, -0.25) is 0 Å². The third-order valence-corrected chi connectivity index (χ3v) is 2.84. The number of hydrogen-bond donors (Lipinski definition) is 0. The van der Waals surface area contributed by atoms with E-state index in [-0.39, 0.29) is 0 Å². The van der Waals surface area contributed by atoms with E-state index in [1.54, 1.807) is 0 Å². The van der Waals surface area contributed by atoms with Gasteiger partial charge in [-0.2, -0.15) is 0 Å². The van der Waals surface area contributed by atoms with Gasteiger partial charge in [0, 0.05) is 5.41 Å². The van der Waals surface area contributed by atoms with E-state index in [0.717, 1.165) is 12.3 Å². The van der Waals surface area contributed by atoms with Crippen LogP contribution in [0.3, 0.4) is 0 Å². The molecule has 0 heterocycles. The van der Waals surface area contributed by atoms with Gasteiger partial charge in [0.15, 0.2) is 0 Å². The molecule has 2 rings (SSSR count). The molecule has 0 aromatic rings. The fraction of sp³-hybridized carbons (Fsp3) is 0.455. The first-order valence-electron chi connectivity index (χ1n) is 4.35. The van der Waals surface area contributed by atoms with Gasteiger partial charge in [0.05, 0.1) is 0 Å². The topological polar surface area (TPSA) is 0 Å². The Bertz CT molecular complexity index is 218. The van der Waals surface area contributed by atoms with Crippen molar-refractivity contribution < 1.29 is 0 Å². The molecule has 0 aromatic carbocycles. The van der Waals surface area contributed by atoms with Gasteiger partial charge < -0.3 is 0 Å². The highest BCUT2D eigenvalue weighted by Crippen LogP contribution is 2.50. The molecular formula is C11H14. The van der Waals surface area contributed by atoms with Crippen molar-refractivity contribution in [3.05, 3.63) is 37.0 Å². The molecule has 0 bridgehead atoms. The van der Waals surface area contributed by atoms with Crippen LogP contribution in [0.1, 0.15) is 19.3 Å². The van der Waals surface area contributed by atoms with Gasteiger partial charge in [0.25, 0.3) is 0 Å². The molecule has 11 heavy (non-hydrogen) atoms. The molecule has 1 atom stereocenters. The van der Waals surface area contributed by atoms with Crippen molar-refractivity contribution >= 4 is 0 Å². The zero-order valence-corrected chi connectivity index (χ0v) is 6.79. The van der Waals surface area contributed by atoms with E-state index in [1.165, 1.54) is 12.8 Å². The Morgan fingerprint density at radius 1 is 1.36 bits per heavy atom. The van der Waals surface area contributed by atoms with Gasteiger partial charge in [0.2, 0.25) is 0 Å². The lowest BCUT2D eigenvalue weighted by Crippen LogP contribution is -2.17. The van der Waals surface area contributed by atoms with E-state index >= 15 is 0 Å². The summed E-state index contributed by atoms with van der Waals surface area (Å²) in [6.45, 7) is 3.93. The van der Waals surface area contributed by atoms with Crippen LogP contribution < -0.4 is 0 Å². The maximum Gasteiger partial charge on any atom is 0.0124 e. The summed E-state index contributed by atoms with van der Waals surface area (Å²) in [5.74, 6) is 0.890. The minimum Gasteiger partial charge on any atom is -0.102 e. The summed E-state index contributed by atoms with van der Waals surface area (Å²) in [5, 5.41) is 0. The fourth-order valence-corrected chi connectivity index (χ4v) is 1.90. The lowest BCUT2D eigenvalue weighted by Gasteiger charge is -2.27. The van der Waals surface area contributed by atoms with Gasteiger partial charge in [0.1, 0.15) is 0 Å². The number of hydrogen-bond acceptors (Lipinski definition) is 0. The average molecular weight is 146 g/mol. The lowest BCUT2D eigenvalue weighted by molar-refractivity contribution is 0.427. The summed E-state index contributed by atoms with van der Waals surface area (Å²) >= 11 is 0. The molecule has 0 nitrogen and oxygen atoms in total. The summed E-state index contributed by atoms with van der Waals surface area (Å²) in [7, 11) is 0. The van der Waals surface area contributed by atoms with Gasteiger partial charge in [-0.15, -0.1) is 6.58 Å². The minimum absolute atomic E-state index is 0.328. The van der Waals surface area contributed by atoms with Crippen LogP contribution in [0.25, 0.3) is 0 Å². The predicted molar refractivity (Wildman–Crippen MR) is 48.3 cm³/mol. The minimum atomic E-state index is 0.328. The third-order valence-electron chi connectivity index (χ3n) is 2.84. The van der Waals surface area contributed by atoms with Crippen molar-refractivity contribution in [2.75, 3.05) is 0 Å². The van der Waals surface area contributed by atoms with Crippen LogP contribution in [-0.2, 0) is 0 Å². The van der Waals surface area contributed by atoms with Crippen LogP contribution in [0.15, 0.2) is 37.0 Å². The average Bonchev–Trinajstić information content (AvgIpc) is 2.88. The zero-order chi connectivity index (χ0) is 7.73. The molecule has 0 aliphatic heterocycles. The van der Waals surface area contributed by atoms with E-state index in [0.29, 0.717) is 5.41 Å². The highest BCUT2D eigenvalue weighted by Gasteiger charge is 2.40. The zero-order valence-electron chi connectivity index (χ0n) is 6.79. The van der Waals surface area contributed by atoms with Crippen molar-refractivity contribution in [2.24, 2.45) is 11.3 Å². The van der Waals surface area contributed by atoms with Crippen LogP contribution in [0.4, 0.5) is 0 Å². The van der Waals surface area contributed by atoms with Crippen LogP contribution in [-0.4, -0.2) is 0 Å². The Hall–Kier alpha value is -0.780. The van der Waals surface area contributed by atoms with E-state index < -0.39 is 0 Å². The van der Waals surface area contributed by atoms with Crippen LogP contribution in [0, 0.1) is 11.3 Å². The standard InChI is InChI=1S/C11H14/c1-2-11(10-6-7-10)8-4-3-5-9-11/h2-5,8,10H,1,6-7,9H2. The molecule has 0 N–H and O–H groups in total. The highest BCUT2D eigenvalue weighted by atomic mass is 14.4. The normalized spacial score (nSPS) is 35.6. The summed E-state index contributed by atoms with van der Waals surface area (Å²) in [4.78, 5) is 0. The first-order chi connectivity index (χ1) is 5.37. The van der Waals surface area contributed by atoms with Crippen molar-refractivity contribution in [1.29, 1.82) is 0 Å². The largest absolute Gasteiger partial charge is 0.102 e. The van der Waals surface area contributed by atoms with Gasteiger partial charge in [-0.25, -0.2) is 0 Å². The summed E-state index contributed by atoms with van der Waals surface area (Å²) in [6.07, 6.45) is 14.9. The molecule has 1 saturated carbocycles. The van der Waals surface area contributed by atoms with Crippen molar-refractivity contribution in [2.45, 2.75) is 19.3 Å². The molecule has 0 saturated heterocycles. The van der Waals surface area contributed by atoms with E-state index in [9.17, 15) is 0 Å². The first kappa shape index (κ1) is 6.90. The second kappa shape index (κ2) is 2.37. The maximum absolute atomic E-state index is 3.93. The molecule has 0 spiro atoms. The van der Waals surface area contributed by atoms with Crippen LogP contribution in [0.5, 0.6) is 0 Å². The number of allylic oxidation sites excluding steroid dienone is 5. The monoisotopic (exact) mass is 146 g/mol. The van der Waals surface area contributed by atoms with Crippen molar-refractivity contribution in [1.82, 2.24) is 0 Å². The molecule has 1 fully saturated rings. The Morgan fingerprint density at radius 3 is 2.64 bits per heavy atom. The fourth-order valence-electron chi connectivity index (χ4n) is 1.90. The predicted octanol–water partition coefficient (Wildman–Crippen LogP) is 3.08.